The summed E-state index contributed by atoms with van der Waals surface area (Å²) in [5, 5.41) is 4.24. The summed E-state index contributed by atoms with van der Waals surface area (Å²) in [7, 11) is 0. The number of nitrogens with zero attached hydrogens (tertiary/aromatic N) is 3. The molecule has 2 aromatic heterocycles. The van der Waals surface area contributed by atoms with Crippen molar-refractivity contribution in [2.75, 3.05) is 4.90 Å². The molecular formula is C42H26F3N3. The summed E-state index contributed by atoms with van der Waals surface area (Å²) < 4.78 is 46.4. The number of hydrogen-bond acceptors (Lipinski definition) is 1. The zero-order valence-electron chi connectivity index (χ0n) is 25.5. The molecule has 48 heavy (non-hydrogen) atoms. The lowest BCUT2D eigenvalue weighted by Gasteiger charge is -2.26. The van der Waals surface area contributed by atoms with Crippen LogP contribution in [0.3, 0.4) is 0 Å². The number of halogens is 3. The second-order valence-electron chi connectivity index (χ2n) is 11.9. The van der Waals surface area contributed by atoms with Gasteiger partial charge in [-0.1, -0.05) is 42.5 Å². The summed E-state index contributed by atoms with van der Waals surface area (Å²) in [4.78, 5) is 2.12. The van der Waals surface area contributed by atoms with Crippen molar-refractivity contribution < 1.29 is 13.2 Å². The molecule has 0 spiro atoms. The van der Waals surface area contributed by atoms with Crippen LogP contribution in [-0.4, -0.2) is 9.13 Å². The minimum atomic E-state index is -0.316. The summed E-state index contributed by atoms with van der Waals surface area (Å²) in [6.45, 7) is 0. The number of aromatic nitrogens is 2. The maximum absolute atomic E-state index is 14.2. The van der Waals surface area contributed by atoms with Crippen LogP contribution in [0.1, 0.15) is 0 Å². The van der Waals surface area contributed by atoms with E-state index in [0.717, 1.165) is 72.0 Å². The summed E-state index contributed by atoms with van der Waals surface area (Å²) in [5.41, 5.74) is 8.24. The molecule has 230 valence electrons. The number of anilines is 3. The van der Waals surface area contributed by atoms with Crippen LogP contribution in [0, 0.1) is 17.5 Å². The second kappa shape index (κ2) is 10.9. The normalized spacial score (nSPS) is 11.6. The highest BCUT2D eigenvalue weighted by atomic mass is 19.1. The van der Waals surface area contributed by atoms with E-state index in [1.807, 2.05) is 24.3 Å². The van der Waals surface area contributed by atoms with E-state index >= 15 is 0 Å². The number of para-hydroxylation sites is 2. The monoisotopic (exact) mass is 629 g/mol. The van der Waals surface area contributed by atoms with Crippen LogP contribution < -0.4 is 4.90 Å². The first-order chi connectivity index (χ1) is 23.5. The van der Waals surface area contributed by atoms with Crippen molar-refractivity contribution in [2.24, 2.45) is 0 Å². The Bertz CT molecular complexity index is 2630. The quantitative estimate of drug-likeness (QED) is 0.185. The predicted molar refractivity (Wildman–Crippen MR) is 190 cm³/mol. The van der Waals surface area contributed by atoms with E-state index in [9.17, 15) is 13.2 Å². The lowest BCUT2D eigenvalue weighted by molar-refractivity contribution is 0.627. The van der Waals surface area contributed by atoms with Gasteiger partial charge in [-0.25, -0.2) is 13.2 Å². The molecule has 0 N–H and O–H groups in total. The van der Waals surface area contributed by atoms with Gasteiger partial charge in [0.2, 0.25) is 0 Å². The molecule has 0 unspecified atom stereocenters. The molecule has 9 aromatic rings. The van der Waals surface area contributed by atoms with Gasteiger partial charge in [-0.2, -0.15) is 0 Å². The zero-order valence-corrected chi connectivity index (χ0v) is 25.5. The maximum atomic E-state index is 14.2. The largest absolute Gasteiger partial charge is 0.310 e. The molecule has 0 aliphatic heterocycles. The molecule has 0 saturated carbocycles. The third-order valence-corrected chi connectivity index (χ3v) is 9.08. The third-order valence-electron chi connectivity index (χ3n) is 9.08. The van der Waals surface area contributed by atoms with E-state index in [0.29, 0.717) is 0 Å². The van der Waals surface area contributed by atoms with Gasteiger partial charge in [0.05, 0.1) is 22.1 Å². The van der Waals surface area contributed by atoms with Gasteiger partial charge < -0.3 is 14.0 Å². The van der Waals surface area contributed by atoms with E-state index in [1.54, 1.807) is 36.4 Å². The van der Waals surface area contributed by atoms with E-state index in [4.69, 9.17) is 0 Å². The highest BCUT2D eigenvalue weighted by Crippen LogP contribution is 2.42. The second-order valence-corrected chi connectivity index (χ2v) is 11.9. The van der Waals surface area contributed by atoms with Crippen LogP contribution in [0.4, 0.5) is 30.2 Å². The van der Waals surface area contributed by atoms with Gasteiger partial charge in [-0.3, -0.25) is 0 Å². The molecule has 0 fully saturated rings. The molecule has 0 amide bonds. The third kappa shape index (κ3) is 4.45. The Balaban J connectivity index is 1.29. The standard InChI is InChI=1S/C42H26F3N3/c43-27-9-15-30(16-10-27)46(33-22-24-41-38(25-33)36-6-2-4-8-40(36)47(41)31-17-11-28(44)12-18-31)34-21-23-37-35-5-1-3-7-39(35)48(42(37)26-34)32-19-13-29(45)14-20-32/h1-26H. The van der Waals surface area contributed by atoms with Crippen molar-refractivity contribution in [1.82, 2.24) is 9.13 Å². The molecule has 0 atom stereocenters. The summed E-state index contributed by atoms with van der Waals surface area (Å²) >= 11 is 0. The molecule has 0 radical (unpaired) electrons. The average Bonchev–Trinajstić information content (AvgIpc) is 3.62. The predicted octanol–water partition coefficient (Wildman–Crippen LogP) is 11.8. The molecule has 0 aliphatic rings. The first-order valence-corrected chi connectivity index (χ1v) is 15.7. The summed E-state index contributed by atoms with van der Waals surface area (Å²) in [5.74, 6) is -0.894. The van der Waals surface area contributed by atoms with Gasteiger partial charge in [0.1, 0.15) is 17.5 Å². The molecule has 0 saturated heterocycles. The van der Waals surface area contributed by atoms with E-state index in [2.05, 4.69) is 74.7 Å². The Hall–Kier alpha value is -6.27. The van der Waals surface area contributed by atoms with Crippen molar-refractivity contribution in [2.45, 2.75) is 0 Å². The van der Waals surface area contributed by atoms with Crippen LogP contribution in [0.25, 0.3) is 55.0 Å². The number of hydrogen-bond donors (Lipinski definition) is 0. The van der Waals surface area contributed by atoms with Gasteiger partial charge in [0.25, 0.3) is 0 Å². The molecule has 0 bridgehead atoms. The van der Waals surface area contributed by atoms with Gasteiger partial charge >= 0.3 is 0 Å². The summed E-state index contributed by atoms with van der Waals surface area (Å²) in [6.07, 6.45) is 0. The van der Waals surface area contributed by atoms with Crippen LogP contribution in [0.2, 0.25) is 0 Å². The first-order valence-electron chi connectivity index (χ1n) is 15.7. The molecule has 6 heteroatoms. The molecule has 0 aliphatic carbocycles. The van der Waals surface area contributed by atoms with Crippen molar-refractivity contribution in [3.63, 3.8) is 0 Å². The zero-order chi connectivity index (χ0) is 32.4. The van der Waals surface area contributed by atoms with Crippen LogP contribution in [0.15, 0.2) is 158 Å². The van der Waals surface area contributed by atoms with Crippen LogP contribution >= 0.6 is 0 Å². The van der Waals surface area contributed by atoms with Gasteiger partial charge in [-0.05, 0) is 115 Å². The number of fused-ring (bicyclic) bond motifs is 6. The van der Waals surface area contributed by atoms with E-state index in [1.165, 1.54) is 36.4 Å². The van der Waals surface area contributed by atoms with E-state index < -0.39 is 0 Å². The van der Waals surface area contributed by atoms with Gasteiger partial charge in [0, 0.05) is 50.0 Å². The fourth-order valence-corrected chi connectivity index (χ4v) is 6.97. The maximum Gasteiger partial charge on any atom is 0.123 e. The molecule has 2 heterocycles. The van der Waals surface area contributed by atoms with Crippen molar-refractivity contribution in [3.05, 3.63) is 175 Å². The van der Waals surface area contributed by atoms with Crippen LogP contribution in [-0.2, 0) is 0 Å². The smallest absolute Gasteiger partial charge is 0.123 e. The molecule has 3 nitrogen and oxygen atoms in total. The first kappa shape index (κ1) is 28.0. The number of benzene rings is 7. The Kier molecular flexibility index (Phi) is 6.37. The van der Waals surface area contributed by atoms with Crippen molar-refractivity contribution in [1.29, 1.82) is 0 Å². The molecule has 7 aromatic carbocycles. The minimum absolute atomic E-state index is 0.285. The summed E-state index contributed by atoms with van der Waals surface area (Å²) in [6, 6.07) is 48.5. The average molecular weight is 630 g/mol. The highest BCUT2D eigenvalue weighted by Gasteiger charge is 2.20. The SMILES string of the molecule is Fc1ccc(N(c2ccc3c(c2)c2ccccc2n3-c2ccc(F)cc2)c2ccc3c4ccccc4n(-c4ccc(F)cc4)c3c2)cc1. The van der Waals surface area contributed by atoms with Crippen molar-refractivity contribution >= 4 is 60.7 Å². The molecule has 9 rings (SSSR count). The topological polar surface area (TPSA) is 13.1 Å². The fraction of sp³-hybridized carbons (Fsp3) is 0. The number of rotatable bonds is 5. The lowest BCUT2D eigenvalue weighted by Crippen LogP contribution is -2.10. The Morgan fingerprint density at radius 2 is 0.750 bits per heavy atom. The molecular weight excluding hydrogens is 603 g/mol. The Morgan fingerprint density at radius 1 is 0.333 bits per heavy atom. The lowest BCUT2D eigenvalue weighted by atomic mass is 10.1. The fourth-order valence-electron chi connectivity index (χ4n) is 6.97. The van der Waals surface area contributed by atoms with Crippen LogP contribution in [0.5, 0.6) is 0 Å². The Labute approximate surface area is 273 Å². The van der Waals surface area contributed by atoms with Gasteiger partial charge in [-0.15, -0.1) is 0 Å². The van der Waals surface area contributed by atoms with E-state index in [-0.39, 0.29) is 17.5 Å². The highest BCUT2D eigenvalue weighted by molar-refractivity contribution is 6.12. The minimum Gasteiger partial charge on any atom is -0.310 e. The van der Waals surface area contributed by atoms with Gasteiger partial charge in [0.15, 0.2) is 0 Å². The Morgan fingerprint density at radius 3 is 1.35 bits per heavy atom. The van der Waals surface area contributed by atoms with Crippen molar-refractivity contribution in [3.8, 4) is 11.4 Å².